The van der Waals surface area contributed by atoms with Crippen LogP contribution in [0.1, 0.15) is 18.4 Å². The number of anilines is 1. The highest BCUT2D eigenvalue weighted by Crippen LogP contribution is 2.37. The molecule has 4 heteroatoms. The van der Waals surface area contributed by atoms with Crippen LogP contribution in [0.5, 0.6) is 0 Å². The van der Waals surface area contributed by atoms with E-state index in [2.05, 4.69) is 23.1 Å². The molecule has 3 aliphatic rings. The molecule has 2 aliphatic heterocycles. The highest BCUT2D eigenvalue weighted by Gasteiger charge is 2.41. The van der Waals surface area contributed by atoms with Crippen LogP contribution in [0.15, 0.2) is 24.3 Å². The third-order valence-corrected chi connectivity index (χ3v) is 5.54. The maximum absolute atomic E-state index is 12.6. The van der Waals surface area contributed by atoms with Gasteiger partial charge in [0.2, 0.25) is 5.91 Å². The summed E-state index contributed by atoms with van der Waals surface area (Å²) in [4.78, 5) is 16.9. The minimum atomic E-state index is 0.244. The largest absolute Gasteiger partial charge is 0.327 e. The van der Waals surface area contributed by atoms with Crippen molar-refractivity contribution < 1.29 is 4.79 Å². The van der Waals surface area contributed by atoms with E-state index in [1.165, 1.54) is 12.0 Å². The summed E-state index contributed by atoms with van der Waals surface area (Å²) in [6.07, 6.45) is 3.39. The Hall–Kier alpha value is -1.39. The van der Waals surface area contributed by atoms with Crippen molar-refractivity contribution >= 4 is 11.6 Å². The average Bonchev–Trinajstić information content (AvgIpc) is 3.15. The quantitative estimate of drug-likeness (QED) is 0.889. The van der Waals surface area contributed by atoms with Gasteiger partial charge >= 0.3 is 0 Å². The summed E-state index contributed by atoms with van der Waals surface area (Å²) in [6, 6.07) is 8.61. The average molecular weight is 285 g/mol. The van der Waals surface area contributed by atoms with Gasteiger partial charge in [-0.2, -0.15) is 0 Å². The summed E-state index contributed by atoms with van der Waals surface area (Å²) >= 11 is 0. The normalized spacial score (nSPS) is 31.5. The van der Waals surface area contributed by atoms with Crippen LogP contribution in [-0.4, -0.2) is 43.0 Å². The second-order valence-corrected chi connectivity index (χ2v) is 6.78. The fraction of sp³-hybridized carbons (Fsp3) is 0.588. The highest BCUT2D eigenvalue weighted by atomic mass is 16.2. The number of hydrogen-bond donors (Lipinski definition) is 1. The minimum Gasteiger partial charge on any atom is -0.327 e. The van der Waals surface area contributed by atoms with Gasteiger partial charge in [0, 0.05) is 31.4 Å². The molecule has 2 fully saturated rings. The van der Waals surface area contributed by atoms with Crippen molar-refractivity contribution in [3.05, 3.63) is 29.8 Å². The van der Waals surface area contributed by atoms with Gasteiger partial charge in [0.25, 0.3) is 0 Å². The van der Waals surface area contributed by atoms with Gasteiger partial charge in [-0.15, -0.1) is 0 Å². The molecule has 21 heavy (non-hydrogen) atoms. The Kier molecular flexibility index (Phi) is 3.23. The van der Waals surface area contributed by atoms with Gasteiger partial charge < -0.3 is 10.6 Å². The number of nitrogens with two attached hydrogens (primary N) is 1. The zero-order valence-corrected chi connectivity index (χ0v) is 12.4. The Morgan fingerprint density at radius 1 is 1.24 bits per heavy atom. The third-order valence-electron chi connectivity index (χ3n) is 5.54. The van der Waals surface area contributed by atoms with E-state index in [9.17, 15) is 4.79 Å². The predicted molar refractivity (Wildman–Crippen MR) is 83.1 cm³/mol. The number of para-hydroxylation sites is 1. The first-order chi connectivity index (χ1) is 10.2. The van der Waals surface area contributed by atoms with Gasteiger partial charge in [-0.25, -0.2) is 0 Å². The zero-order valence-electron chi connectivity index (χ0n) is 12.4. The Bertz CT molecular complexity index is 559. The van der Waals surface area contributed by atoms with Gasteiger partial charge in [-0.1, -0.05) is 18.2 Å². The molecule has 112 valence electrons. The van der Waals surface area contributed by atoms with E-state index >= 15 is 0 Å². The summed E-state index contributed by atoms with van der Waals surface area (Å²) in [5, 5.41) is 0. The smallest absolute Gasteiger partial charge is 0.241 e. The van der Waals surface area contributed by atoms with Gasteiger partial charge in [-0.05, 0) is 42.7 Å². The van der Waals surface area contributed by atoms with Crippen LogP contribution in [0.25, 0.3) is 0 Å². The molecule has 3 atom stereocenters. The van der Waals surface area contributed by atoms with Gasteiger partial charge in [0.15, 0.2) is 0 Å². The summed E-state index contributed by atoms with van der Waals surface area (Å²) < 4.78 is 0. The fourth-order valence-electron chi connectivity index (χ4n) is 4.40. The molecular weight excluding hydrogens is 262 g/mol. The lowest BCUT2D eigenvalue weighted by molar-refractivity contribution is -0.119. The Labute approximate surface area is 125 Å². The number of likely N-dealkylation sites (tertiary alicyclic amines) is 1. The number of nitrogens with zero attached hydrogens (tertiary/aromatic N) is 2. The first-order valence-electron chi connectivity index (χ1n) is 8.08. The fourth-order valence-corrected chi connectivity index (χ4v) is 4.40. The summed E-state index contributed by atoms with van der Waals surface area (Å²) in [7, 11) is 0. The lowest BCUT2D eigenvalue weighted by atomic mass is 9.98. The van der Waals surface area contributed by atoms with Crippen molar-refractivity contribution in [3.63, 3.8) is 0 Å². The van der Waals surface area contributed by atoms with Crippen LogP contribution in [0.4, 0.5) is 5.69 Å². The number of fused-ring (bicyclic) bond motifs is 2. The van der Waals surface area contributed by atoms with Crippen LogP contribution < -0.4 is 10.6 Å². The van der Waals surface area contributed by atoms with Crippen molar-refractivity contribution in [2.75, 3.05) is 31.1 Å². The maximum Gasteiger partial charge on any atom is 0.241 e. The molecule has 0 radical (unpaired) electrons. The predicted octanol–water partition coefficient (Wildman–Crippen LogP) is 1.24. The van der Waals surface area contributed by atoms with Crippen LogP contribution in [-0.2, 0) is 11.2 Å². The molecule has 1 amide bonds. The van der Waals surface area contributed by atoms with Gasteiger partial charge in [-0.3, -0.25) is 9.69 Å². The van der Waals surface area contributed by atoms with Crippen LogP contribution >= 0.6 is 0 Å². The SMILES string of the molecule is NC1CCC2CN(CC(=O)N3CCc4ccccc43)CC12. The zero-order chi connectivity index (χ0) is 14.4. The van der Waals surface area contributed by atoms with Crippen molar-refractivity contribution in [2.45, 2.75) is 25.3 Å². The molecule has 2 heterocycles. The first-order valence-corrected chi connectivity index (χ1v) is 8.08. The number of amides is 1. The molecule has 1 saturated heterocycles. The van der Waals surface area contributed by atoms with E-state index in [0.29, 0.717) is 18.5 Å². The van der Waals surface area contributed by atoms with Gasteiger partial charge in [0.1, 0.15) is 0 Å². The van der Waals surface area contributed by atoms with Crippen LogP contribution in [0.3, 0.4) is 0 Å². The minimum absolute atomic E-state index is 0.244. The van der Waals surface area contributed by atoms with Gasteiger partial charge in [0.05, 0.1) is 6.54 Å². The van der Waals surface area contributed by atoms with Crippen molar-refractivity contribution in [1.29, 1.82) is 0 Å². The number of rotatable bonds is 2. The second-order valence-electron chi connectivity index (χ2n) is 6.78. The van der Waals surface area contributed by atoms with Crippen LogP contribution in [0, 0.1) is 11.8 Å². The molecule has 4 nitrogen and oxygen atoms in total. The van der Waals surface area contributed by atoms with E-state index in [1.807, 2.05) is 11.0 Å². The molecule has 1 saturated carbocycles. The summed E-state index contributed by atoms with van der Waals surface area (Å²) in [5.41, 5.74) is 8.58. The Morgan fingerprint density at radius 2 is 2.10 bits per heavy atom. The van der Waals surface area contributed by atoms with E-state index in [1.54, 1.807) is 0 Å². The monoisotopic (exact) mass is 285 g/mol. The molecular formula is C17H23N3O. The number of hydrogen-bond acceptors (Lipinski definition) is 3. The molecule has 0 aromatic heterocycles. The molecule has 1 aromatic carbocycles. The number of carbonyl (C=O) groups excluding carboxylic acids is 1. The topological polar surface area (TPSA) is 49.6 Å². The number of carbonyl (C=O) groups is 1. The van der Waals surface area contributed by atoms with E-state index in [-0.39, 0.29) is 5.91 Å². The number of benzene rings is 1. The highest BCUT2D eigenvalue weighted by molar-refractivity contribution is 5.96. The lowest BCUT2D eigenvalue weighted by Crippen LogP contribution is -2.40. The molecule has 3 unspecified atom stereocenters. The Morgan fingerprint density at radius 3 is 2.95 bits per heavy atom. The third kappa shape index (κ3) is 2.27. The van der Waals surface area contributed by atoms with Crippen molar-refractivity contribution in [3.8, 4) is 0 Å². The Balaban J connectivity index is 1.41. The molecule has 1 aliphatic carbocycles. The van der Waals surface area contributed by atoms with Crippen molar-refractivity contribution in [1.82, 2.24) is 4.90 Å². The summed E-state index contributed by atoms with van der Waals surface area (Å²) in [6.45, 7) is 3.44. The van der Waals surface area contributed by atoms with Crippen molar-refractivity contribution in [2.24, 2.45) is 17.6 Å². The molecule has 2 N–H and O–H groups in total. The summed E-state index contributed by atoms with van der Waals surface area (Å²) in [5.74, 6) is 1.58. The van der Waals surface area contributed by atoms with E-state index in [4.69, 9.17) is 5.73 Å². The molecule has 1 aromatic rings. The maximum atomic E-state index is 12.6. The first kappa shape index (κ1) is 13.3. The lowest BCUT2D eigenvalue weighted by Gasteiger charge is -2.22. The standard InChI is InChI=1S/C17H23N3O/c18-15-6-5-13-9-19(10-14(13)15)11-17(21)20-8-7-12-3-1-2-4-16(12)20/h1-4,13-15H,5-11,18H2. The van der Waals surface area contributed by atoms with E-state index < -0.39 is 0 Å². The molecule has 0 bridgehead atoms. The molecule has 4 rings (SSSR count). The van der Waals surface area contributed by atoms with E-state index in [0.717, 1.165) is 44.1 Å². The molecule has 0 spiro atoms. The second kappa shape index (κ2) is 5.11. The van der Waals surface area contributed by atoms with Crippen LogP contribution in [0.2, 0.25) is 0 Å².